The Morgan fingerprint density at radius 1 is 1.39 bits per heavy atom. The summed E-state index contributed by atoms with van der Waals surface area (Å²) in [7, 11) is 0. The summed E-state index contributed by atoms with van der Waals surface area (Å²) in [6.45, 7) is 4.24. The number of rotatable bonds is 6. The Labute approximate surface area is 106 Å². The second-order valence-corrected chi connectivity index (χ2v) is 4.49. The van der Waals surface area contributed by atoms with Gasteiger partial charge in [0.2, 0.25) is 0 Å². The minimum Gasteiger partial charge on any atom is -0.488 e. The van der Waals surface area contributed by atoms with Crippen LogP contribution in [0.2, 0.25) is 0 Å². The number of benzene rings is 1. The summed E-state index contributed by atoms with van der Waals surface area (Å²) in [5.41, 5.74) is 1.38. The Balaban J connectivity index is 2.21. The van der Waals surface area contributed by atoms with Crippen molar-refractivity contribution in [1.29, 1.82) is 0 Å². The van der Waals surface area contributed by atoms with Crippen molar-refractivity contribution >= 4 is 11.0 Å². The number of imidazole rings is 1. The molecule has 0 fully saturated rings. The number of hydrogen-bond acceptors (Lipinski definition) is 2. The third kappa shape index (κ3) is 2.81. The van der Waals surface area contributed by atoms with Gasteiger partial charge in [0.15, 0.2) is 0 Å². The summed E-state index contributed by atoms with van der Waals surface area (Å²) in [6.07, 6.45) is 5.87. The number of nitrogens with zero attached hydrogens (tertiary/aromatic N) is 1. The van der Waals surface area contributed by atoms with Gasteiger partial charge in [-0.1, -0.05) is 26.7 Å². The molecule has 1 heterocycles. The lowest BCUT2D eigenvalue weighted by molar-refractivity contribution is 0.185. The van der Waals surface area contributed by atoms with E-state index < -0.39 is 0 Å². The maximum atomic E-state index is 13.5. The van der Waals surface area contributed by atoms with Crippen LogP contribution in [0.1, 0.15) is 39.5 Å². The van der Waals surface area contributed by atoms with Gasteiger partial charge in [-0.3, -0.25) is 0 Å². The van der Waals surface area contributed by atoms with Crippen LogP contribution in [0.3, 0.4) is 0 Å². The van der Waals surface area contributed by atoms with Gasteiger partial charge in [0.1, 0.15) is 17.1 Å². The van der Waals surface area contributed by atoms with Crippen LogP contribution in [0.15, 0.2) is 18.5 Å². The van der Waals surface area contributed by atoms with Crippen molar-refractivity contribution in [2.45, 2.75) is 45.6 Å². The molecule has 0 bridgehead atoms. The van der Waals surface area contributed by atoms with Gasteiger partial charge in [-0.15, -0.1) is 0 Å². The molecule has 1 unspecified atom stereocenters. The second-order valence-electron chi connectivity index (χ2n) is 4.49. The molecule has 1 atom stereocenters. The van der Waals surface area contributed by atoms with E-state index in [0.29, 0.717) is 16.8 Å². The number of unbranched alkanes of at least 4 members (excludes halogenated alkanes) is 1. The highest BCUT2D eigenvalue weighted by molar-refractivity contribution is 5.81. The van der Waals surface area contributed by atoms with Gasteiger partial charge < -0.3 is 9.72 Å². The van der Waals surface area contributed by atoms with Gasteiger partial charge in [0.25, 0.3) is 0 Å². The molecule has 0 aliphatic rings. The quantitative estimate of drug-likeness (QED) is 0.839. The topological polar surface area (TPSA) is 37.9 Å². The van der Waals surface area contributed by atoms with E-state index in [1.807, 2.05) is 0 Å². The Bertz CT molecular complexity index is 509. The molecule has 1 aromatic carbocycles. The predicted molar refractivity (Wildman–Crippen MR) is 70.3 cm³/mol. The lowest BCUT2D eigenvalue weighted by Crippen LogP contribution is -2.15. The highest BCUT2D eigenvalue weighted by Crippen LogP contribution is 2.26. The first-order valence-electron chi connectivity index (χ1n) is 6.53. The molecular weight excluding hydrogens is 231 g/mol. The van der Waals surface area contributed by atoms with E-state index in [0.717, 1.165) is 25.7 Å². The molecule has 0 aliphatic carbocycles. The van der Waals surface area contributed by atoms with E-state index in [4.69, 9.17) is 4.74 Å². The lowest BCUT2D eigenvalue weighted by Gasteiger charge is -2.17. The molecule has 4 heteroatoms. The van der Waals surface area contributed by atoms with Crippen LogP contribution < -0.4 is 4.74 Å². The van der Waals surface area contributed by atoms with Crippen LogP contribution in [0.4, 0.5) is 4.39 Å². The van der Waals surface area contributed by atoms with Crippen molar-refractivity contribution in [3.05, 3.63) is 24.3 Å². The third-order valence-electron chi connectivity index (χ3n) is 3.08. The maximum absolute atomic E-state index is 13.5. The number of aromatic amines is 1. The van der Waals surface area contributed by atoms with Crippen LogP contribution in [0, 0.1) is 5.82 Å². The first-order valence-corrected chi connectivity index (χ1v) is 6.53. The number of H-pyrrole nitrogens is 1. The average molecular weight is 250 g/mol. The lowest BCUT2D eigenvalue weighted by atomic mass is 10.1. The van der Waals surface area contributed by atoms with E-state index in [-0.39, 0.29) is 11.9 Å². The highest BCUT2D eigenvalue weighted by Gasteiger charge is 2.13. The number of aromatic nitrogens is 2. The molecule has 0 amide bonds. The summed E-state index contributed by atoms with van der Waals surface area (Å²) in [4.78, 5) is 7.08. The SMILES string of the molecule is CCCCC(CC)Oc1cc(F)cc2[nH]cnc12. The predicted octanol–water partition coefficient (Wildman–Crippen LogP) is 4.05. The fraction of sp³-hybridized carbons (Fsp3) is 0.500. The number of fused-ring (bicyclic) bond motifs is 1. The number of ether oxygens (including phenoxy) is 1. The number of nitrogens with one attached hydrogen (secondary N) is 1. The van der Waals surface area contributed by atoms with Gasteiger partial charge in [-0.25, -0.2) is 9.37 Å². The zero-order chi connectivity index (χ0) is 13.0. The molecule has 2 rings (SSSR count). The van der Waals surface area contributed by atoms with Crippen LogP contribution in [-0.4, -0.2) is 16.1 Å². The molecule has 3 nitrogen and oxygen atoms in total. The van der Waals surface area contributed by atoms with Crippen LogP contribution in [0.25, 0.3) is 11.0 Å². The van der Waals surface area contributed by atoms with Crippen molar-refractivity contribution in [2.24, 2.45) is 0 Å². The molecule has 1 N–H and O–H groups in total. The van der Waals surface area contributed by atoms with E-state index >= 15 is 0 Å². The monoisotopic (exact) mass is 250 g/mol. The fourth-order valence-corrected chi connectivity index (χ4v) is 2.03. The van der Waals surface area contributed by atoms with Crippen LogP contribution >= 0.6 is 0 Å². The van der Waals surface area contributed by atoms with Crippen molar-refractivity contribution in [3.8, 4) is 5.75 Å². The highest BCUT2D eigenvalue weighted by atomic mass is 19.1. The Kier molecular flexibility index (Phi) is 4.18. The van der Waals surface area contributed by atoms with Gasteiger partial charge in [0.05, 0.1) is 17.9 Å². The standard InChI is InChI=1S/C14H19FN2O/c1-3-5-6-11(4-2)18-13-8-10(15)7-12-14(13)17-9-16-12/h7-9,11H,3-6H2,1-2H3,(H,16,17). The summed E-state index contributed by atoms with van der Waals surface area (Å²) in [5.74, 6) is 0.237. The minimum atomic E-state index is -0.299. The normalized spacial score (nSPS) is 12.8. The van der Waals surface area contributed by atoms with Crippen LogP contribution in [0.5, 0.6) is 5.75 Å². The first-order chi connectivity index (χ1) is 8.74. The van der Waals surface area contributed by atoms with Crippen LogP contribution in [-0.2, 0) is 0 Å². The van der Waals surface area contributed by atoms with Crippen molar-refractivity contribution < 1.29 is 9.13 Å². The van der Waals surface area contributed by atoms with E-state index in [2.05, 4.69) is 23.8 Å². The molecule has 0 saturated heterocycles. The largest absolute Gasteiger partial charge is 0.488 e. The molecule has 98 valence electrons. The van der Waals surface area contributed by atoms with Crippen molar-refractivity contribution in [2.75, 3.05) is 0 Å². The van der Waals surface area contributed by atoms with Gasteiger partial charge >= 0.3 is 0 Å². The molecule has 0 spiro atoms. The maximum Gasteiger partial charge on any atom is 0.150 e. The molecule has 18 heavy (non-hydrogen) atoms. The Morgan fingerprint density at radius 3 is 2.94 bits per heavy atom. The van der Waals surface area contributed by atoms with Gasteiger partial charge in [0, 0.05) is 6.07 Å². The minimum absolute atomic E-state index is 0.131. The molecule has 0 saturated carbocycles. The number of hydrogen-bond donors (Lipinski definition) is 1. The zero-order valence-electron chi connectivity index (χ0n) is 10.9. The number of halogens is 1. The summed E-state index contributed by atoms with van der Waals surface area (Å²) in [6, 6.07) is 2.85. The smallest absolute Gasteiger partial charge is 0.150 e. The van der Waals surface area contributed by atoms with E-state index in [1.165, 1.54) is 12.1 Å². The van der Waals surface area contributed by atoms with Crippen molar-refractivity contribution in [1.82, 2.24) is 9.97 Å². The first kappa shape index (κ1) is 12.9. The summed E-state index contributed by atoms with van der Waals surface area (Å²) >= 11 is 0. The molecule has 1 aromatic heterocycles. The Morgan fingerprint density at radius 2 is 2.22 bits per heavy atom. The molecule has 0 radical (unpaired) electrons. The van der Waals surface area contributed by atoms with Gasteiger partial charge in [-0.2, -0.15) is 0 Å². The van der Waals surface area contributed by atoms with E-state index in [1.54, 1.807) is 6.33 Å². The third-order valence-corrected chi connectivity index (χ3v) is 3.08. The van der Waals surface area contributed by atoms with Crippen molar-refractivity contribution in [3.63, 3.8) is 0 Å². The summed E-state index contributed by atoms with van der Waals surface area (Å²) < 4.78 is 19.3. The Hall–Kier alpha value is -1.58. The average Bonchev–Trinajstić information content (AvgIpc) is 2.82. The second kappa shape index (κ2) is 5.85. The summed E-state index contributed by atoms with van der Waals surface area (Å²) in [5, 5.41) is 0. The molecular formula is C14H19FN2O. The molecule has 0 aliphatic heterocycles. The van der Waals surface area contributed by atoms with E-state index in [9.17, 15) is 4.39 Å². The molecule has 2 aromatic rings. The zero-order valence-corrected chi connectivity index (χ0v) is 10.9. The van der Waals surface area contributed by atoms with Gasteiger partial charge in [-0.05, 0) is 18.9 Å². The fourth-order valence-electron chi connectivity index (χ4n) is 2.03.